The molecule has 1 rings (SSSR count). The summed E-state index contributed by atoms with van der Waals surface area (Å²) in [6.07, 6.45) is 2.15. The fourth-order valence-electron chi connectivity index (χ4n) is 1.50. The Hall–Kier alpha value is -1.10. The zero-order valence-corrected chi connectivity index (χ0v) is 8.77. The van der Waals surface area contributed by atoms with Gasteiger partial charge in [0.1, 0.15) is 6.04 Å². The van der Waals surface area contributed by atoms with Crippen molar-refractivity contribution >= 4 is 11.9 Å². The Kier molecular flexibility index (Phi) is 4.08. The molecule has 1 aliphatic carbocycles. The van der Waals surface area contributed by atoms with Gasteiger partial charge in [-0.05, 0) is 18.8 Å². The van der Waals surface area contributed by atoms with Crippen LogP contribution in [0.25, 0.3) is 0 Å². The Labute approximate surface area is 88.5 Å². The van der Waals surface area contributed by atoms with E-state index in [0.717, 1.165) is 12.8 Å². The second-order valence-electron chi connectivity index (χ2n) is 4.04. The number of carbonyl (C=O) groups excluding carboxylic acids is 1. The quantitative estimate of drug-likeness (QED) is 0.581. The molecule has 5 heteroatoms. The summed E-state index contributed by atoms with van der Waals surface area (Å²) in [5, 5.41) is 19.8. The van der Waals surface area contributed by atoms with E-state index in [1.54, 1.807) is 0 Å². The molecule has 1 fully saturated rings. The Balaban J connectivity index is 2.42. The maximum absolute atomic E-state index is 11.6. The number of nitrogens with one attached hydrogen (secondary N) is 1. The van der Waals surface area contributed by atoms with E-state index >= 15 is 0 Å². The zero-order chi connectivity index (χ0) is 11.4. The topological polar surface area (TPSA) is 86.6 Å². The molecule has 0 radical (unpaired) electrons. The molecule has 15 heavy (non-hydrogen) atoms. The standard InChI is InChI=1S/C10H17NO4/c1-6(7-2-3-7)9(13)11-8(4-5-12)10(14)15/h6-8,12H,2-5H2,1H3,(H,11,13)(H,14,15). The van der Waals surface area contributed by atoms with Crippen molar-refractivity contribution in [2.75, 3.05) is 6.61 Å². The molecule has 3 N–H and O–H groups in total. The highest BCUT2D eigenvalue weighted by Gasteiger charge is 2.34. The summed E-state index contributed by atoms with van der Waals surface area (Å²) in [6, 6.07) is -0.969. The van der Waals surface area contributed by atoms with Gasteiger partial charge in [0, 0.05) is 18.9 Å². The molecule has 0 bridgehead atoms. The molecule has 0 spiro atoms. The number of aliphatic hydroxyl groups excluding tert-OH is 1. The highest BCUT2D eigenvalue weighted by molar-refractivity contribution is 5.85. The maximum atomic E-state index is 11.6. The molecule has 1 aliphatic rings. The van der Waals surface area contributed by atoms with E-state index in [-0.39, 0.29) is 24.9 Å². The van der Waals surface area contributed by atoms with Gasteiger partial charge in [0.05, 0.1) is 0 Å². The molecule has 2 unspecified atom stereocenters. The monoisotopic (exact) mass is 215 g/mol. The van der Waals surface area contributed by atoms with Gasteiger partial charge >= 0.3 is 5.97 Å². The van der Waals surface area contributed by atoms with Gasteiger partial charge in [-0.2, -0.15) is 0 Å². The van der Waals surface area contributed by atoms with Crippen molar-refractivity contribution in [2.24, 2.45) is 11.8 Å². The third-order valence-corrected chi connectivity index (χ3v) is 2.78. The van der Waals surface area contributed by atoms with E-state index in [0.29, 0.717) is 5.92 Å². The van der Waals surface area contributed by atoms with E-state index in [1.165, 1.54) is 0 Å². The third kappa shape index (κ3) is 3.51. The van der Waals surface area contributed by atoms with Gasteiger partial charge in [-0.3, -0.25) is 4.79 Å². The molecule has 1 amide bonds. The average Bonchev–Trinajstić information content (AvgIpc) is 2.98. The molecule has 0 aliphatic heterocycles. The van der Waals surface area contributed by atoms with Crippen molar-refractivity contribution in [3.63, 3.8) is 0 Å². The van der Waals surface area contributed by atoms with Crippen LogP contribution >= 0.6 is 0 Å². The minimum atomic E-state index is -1.10. The second kappa shape index (κ2) is 5.11. The number of carboxylic acid groups (broad SMARTS) is 1. The first kappa shape index (κ1) is 12.0. The number of amides is 1. The Bertz CT molecular complexity index is 250. The Morgan fingerprint density at radius 2 is 2.07 bits per heavy atom. The third-order valence-electron chi connectivity index (χ3n) is 2.78. The van der Waals surface area contributed by atoms with Gasteiger partial charge in [-0.15, -0.1) is 0 Å². The van der Waals surface area contributed by atoms with Crippen LogP contribution in [0, 0.1) is 11.8 Å². The van der Waals surface area contributed by atoms with Crippen LogP contribution in [0.1, 0.15) is 26.2 Å². The molecule has 0 aromatic rings. The summed E-state index contributed by atoms with van der Waals surface area (Å²) in [5.74, 6) is -1.03. The lowest BCUT2D eigenvalue weighted by atomic mass is 10.0. The van der Waals surface area contributed by atoms with Crippen LogP contribution in [0.4, 0.5) is 0 Å². The second-order valence-corrected chi connectivity index (χ2v) is 4.04. The van der Waals surface area contributed by atoms with Crippen LogP contribution in [-0.2, 0) is 9.59 Å². The van der Waals surface area contributed by atoms with Crippen molar-refractivity contribution in [2.45, 2.75) is 32.2 Å². The van der Waals surface area contributed by atoms with Crippen LogP contribution in [0.2, 0.25) is 0 Å². The highest BCUT2D eigenvalue weighted by Crippen LogP contribution is 2.36. The summed E-state index contributed by atoms with van der Waals surface area (Å²) >= 11 is 0. The fraction of sp³-hybridized carbons (Fsp3) is 0.800. The normalized spacial score (nSPS) is 19.3. The first-order valence-corrected chi connectivity index (χ1v) is 5.20. The van der Waals surface area contributed by atoms with Crippen LogP contribution in [0.3, 0.4) is 0 Å². The largest absolute Gasteiger partial charge is 0.480 e. The molecule has 0 heterocycles. The fourth-order valence-corrected chi connectivity index (χ4v) is 1.50. The lowest BCUT2D eigenvalue weighted by Gasteiger charge is -2.16. The number of carboxylic acids is 1. The summed E-state index contributed by atoms with van der Waals surface area (Å²) in [4.78, 5) is 22.3. The summed E-state index contributed by atoms with van der Waals surface area (Å²) in [7, 11) is 0. The van der Waals surface area contributed by atoms with Gasteiger partial charge in [-0.1, -0.05) is 6.92 Å². The molecule has 0 aromatic carbocycles. The van der Waals surface area contributed by atoms with Crippen molar-refractivity contribution in [1.29, 1.82) is 0 Å². The van der Waals surface area contributed by atoms with Gasteiger partial charge in [0.2, 0.25) is 5.91 Å². The predicted molar refractivity (Wildman–Crippen MR) is 53.2 cm³/mol. The maximum Gasteiger partial charge on any atom is 0.326 e. The van der Waals surface area contributed by atoms with Crippen LogP contribution < -0.4 is 5.32 Å². The molecule has 0 saturated heterocycles. The van der Waals surface area contributed by atoms with Gasteiger partial charge in [0.25, 0.3) is 0 Å². The Morgan fingerprint density at radius 3 is 2.47 bits per heavy atom. The van der Waals surface area contributed by atoms with Gasteiger partial charge in [0.15, 0.2) is 0 Å². The molecule has 1 saturated carbocycles. The smallest absolute Gasteiger partial charge is 0.326 e. The molecule has 0 aromatic heterocycles. The molecule has 86 valence electrons. The van der Waals surface area contributed by atoms with E-state index < -0.39 is 12.0 Å². The highest BCUT2D eigenvalue weighted by atomic mass is 16.4. The number of hydrogen-bond acceptors (Lipinski definition) is 3. The van der Waals surface area contributed by atoms with E-state index in [9.17, 15) is 9.59 Å². The molecular weight excluding hydrogens is 198 g/mol. The van der Waals surface area contributed by atoms with Crippen LogP contribution in [0.5, 0.6) is 0 Å². The van der Waals surface area contributed by atoms with Crippen molar-refractivity contribution in [3.8, 4) is 0 Å². The number of carbonyl (C=O) groups is 2. The lowest BCUT2D eigenvalue weighted by molar-refractivity contribution is -0.143. The Morgan fingerprint density at radius 1 is 1.47 bits per heavy atom. The lowest BCUT2D eigenvalue weighted by Crippen LogP contribution is -2.44. The number of hydrogen-bond donors (Lipinski definition) is 3. The van der Waals surface area contributed by atoms with E-state index in [1.807, 2.05) is 6.92 Å². The first-order chi connectivity index (χ1) is 7.06. The van der Waals surface area contributed by atoms with Gasteiger partial charge < -0.3 is 15.5 Å². The number of rotatable bonds is 6. The molecule has 2 atom stereocenters. The summed E-state index contributed by atoms with van der Waals surface area (Å²) in [6.45, 7) is 1.57. The summed E-state index contributed by atoms with van der Waals surface area (Å²) < 4.78 is 0. The SMILES string of the molecule is CC(C(=O)NC(CCO)C(=O)O)C1CC1. The van der Waals surface area contributed by atoms with E-state index in [2.05, 4.69) is 5.32 Å². The van der Waals surface area contributed by atoms with Crippen molar-refractivity contribution in [1.82, 2.24) is 5.32 Å². The van der Waals surface area contributed by atoms with Crippen LogP contribution in [0.15, 0.2) is 0 Å². The van der Waals surface area contributed by atoms with Crippen molar-refractivity contribution in [3.05, 3.63) is 0 Å². The van der Waals surface area contributed by atoms with E-state index in [4.69, 9.17) is 10.2 Å². The minimum Gasteiger partial charge on any atom is -0.480 e. The van der Waals surface area contributed by atoms with Gasteiger partial charge in [-0.25, -0.2) is 4.79 Å². The minimum absolute atomic E-state index is 0.0540. The zero-order valence-electron chi connectivity index (χ0n) is 8.77. The molecular formula is C10H17NO4. The number of aliphatic hydroxyl groups is 1. The van der Waals surface area contributed by atoms with Crippen molar-refractivity contribution < 1.29 is 19.8 Å². The summed E-state index contributed by atoms with van der Waals surface area (Å²) in [5.41, 5.74) is 0. The average molecular weight is 215 g/mol. The predicted octanol–water partition coefficient (Wildman–Crippen LogP) is -0.0157. The molecule has 5 nitrogen and oxygen atoms in total. The first-order valence-electron chi connectivity index (χ1n) is 5.20. The number of aliphatic carboxylic acids is 1. The van der Waals surface area contributed by atoms with Crippen LogP contribution in [-0.4, -0.2) is 34.7 Å².